The van der Waals surface area contributed by atoms with E-state index in [1.807, 2.05) is 0 Å². The van der Waals surface area contributed by atoms with Crippen LogP contribution in [0.5, 0.6) is 11.5 Å². The van der Waals surface area contributed by atoms with Crippen LogP contribution in [0.3, 0.4) is 0 Å². The van der Waals surface area contributed by atoms with Gasteiger partial charge in [-0.15, -0.1) is 11.6 Å². The molecule has 1 fully saturated rings. The summed E-state index contributed by atoms with van der Waals surface area (Å²) in [6.07, 6.45) is 2.86. The van der Waals surface area contributed by atoms with Crippen molar-refractivity contribution in [2.45, 2.75) is 18.9 Å². The minimum absolute atomic E-state index is 0.0950. The predicted octanol–water partition coefficient (Wildman–Crippen LogP) is 4.55. The number of benzene rings is 2. The number of aromatic nitrogens is 4. The van der Waals surface area contributed by atoms with E-state index in [4.69, 9.17) is 22.1 Å². The van der Waals surface area contributed by atoms with E-state index >= 15 is 4.39 Å². The number of ether oxygens (including phenoxy) is 1. The van der Waals surface area contributed by atoms with Gasteiger partial charge in [0.05, 0.1) is 11.4 Å². The molecule has 0 aliphatic carbocycles. The Morgan fingerprint density at radius 2 is 2.00 bits per heavy atom. The molecule has 1 aliphatic heterocycles. The average molecular weight is 499 g/mol. The van der Waals surface area contributed by atoms with Gasteiger partial charge in [0.2, 0.25) is 5.91 Å². The molecule has 1 amide bonds. The summed E-state index contributed by atoms with van der Waals surface area (Å²) in [5.41, 5.74) is 7.09. The molecule has 4 aromatic rings. The lowest BCUT2D eigenvalue weighted by atomic mass is 10.1. The zero-order chi connectivity index (χ0) is 24.5. The molecule has 1 unspecified atom stereocenters. The number of nitrogens with two attached hydrogens (primary N) is 1. The Labute approximate surface area is 204 Å². The minimum atomic E-state index is -0.601. The monoisotopic (exact) mass is 498 g/mol. The topological polar surface area (TPSA) is 99.2 Å². The zero-order valence-electron chi connectivity index (χ0n) is 18.5. The lowest BCUT2D eigenvalue weighted by molar-refractivity contribution is -0.130. The number of likely N-dealkylation sites (tertiary alicyclic amines) is 1. The van der Waals surface area contributed by atoms with E-state index in [1.165, 1.54) is 36.7 Å². The van der Waals surface area contributed by atoms with Crippen LogP contribution < -0.4 is 10.5 Å². The van der Waals surface area contributed by atoms with Gasteiger partial charge in [-0.1, -0.05) is 6.07 Å². The van der Waals surface area contributed by atoms with E-state index in [0.29, 0.717) is 24.1 Å². The van der Waals surface area contributed by atoms with Crippen molar-refractivity contribution in [3.05, 3.63) is 60.4 Å². The number of anilines is 1. The molecule has 1 saturated heterocycles. The summed E-state index contributed by atoms with van der Waals surface area (Å²) in [7, 11) is 0. The third-order valence-corrected chi connectivity index (χ3v) is 6.18. The highest BCUT2D eigenvalue weighted by Gasteiger charge is 2.29. The molecule has 0 bridgehead atoms. The summed E-state index contributed by atoms with van der Waals surface area (Å²) in [6.45, 7) is 1.03. The lowest BCUT2D eigenvalue weighted by Gasteiger charge is -2.32. The molecule has 0 spiro atoms. The molecule has 8 nitrogen and oxygen atoms in total. The smallest absolute Gasteiger partial charge is 0.237 e. The van der Waals surface area contributed by atoms with Crippen LogP contribution in [-0.4, -0.2) is 49.5 Å². The Bertz CT molecular complexity index is 1410. The molecule has 1 aliphatic rings. The molecule has 0 radical (unpaired) electrons. The second-order valence-corrected chi connectivity index (χ2v) is 8.49. The highest BCUT2D eigenvalue weighted by molar-refractivity contribution is 6.27. The van der Waals surface area contributed by atoms with Crippen molar-refractivity contribution >= 4 is 34.4 Å². The Balaban J connectivity index is 1.53. The molecule has 35 heavy (non-hydrogen) atoms. The summed E-state index contributed by atoms with van der Waals surface area (Å²) in [5.74, 6) is -0.688. The molecule has 2 aromatic heterocycles. The van der Waals surface area contributed by atoms with Crippen molar-refractivity contribution in [1.29, 1.82) is 0 Å². The number of hydrogen-bond acceptors (Lipinski definition) is 6. The molecule has 180 valence electrons. The number of fused-ring (bicyclic) bond motifs is 1. The second kappa shape index (κ2) is 9.46. The number of nitrogens with zero attached hydrogens (tertiary/aromatic N) is 5. The molecule has 3 heterocycles. The van der Waals surface area contributed by atoms with Gasteiger partial charge in [-0.25, -0.2) is 23.4 Å². The van der Waals surface area contributed by atoms with Gasteiger partial charge in [-0.05, 0) is 37.1 Å². The maximum atomic E-state index is 15.3. The summed E-state index contributed by atoms with van der Waals surface area (Å²) in [6, 6.07) is 9.69. The quantitative estimate of drug-likeness (QED) is 0.405. The zero-order valence-corrected chi connectivity index (χ0v) is 19.3. The standard InChI is InChI=1S/C24H21ClF2N6O2/c25-11-20(34)32-8-2-4-15(12-32)33-24-21(23(28)29-13-30-24)22(31-33)18-7-6-17(10-19(18)27)35-16-5-1-3-14(26)9-16/h1,3,5-7,9-10,13,15H,2,4,8,11-12H2,(H2,28,29,30). The number of halogens is 3. The summed E-state index contributed by atoms with van der Waals surface area (Å²) in [5, 5.41) is 5.10. The first kappa shape index (κ1) is 23.0. The lowest BCUT2D eigenvalue weighted by Crippen LogP contribution is -2.41. The van der Waals surface area contributed by atoms with Crippen molar-refractivity contribution in [2.75, 3.05) is 24.7 Å². The van der Waals surface area contributed by atoms with Crippen molar-refractivity contribution in [1.82, 2.24) is 24.6 Å². The molecule has 0 saturated carbocycles. The third-order valence-electron chi connectivity index (χ3n) is 5.95. The molecule has 2 aromatic carbocycles. The Morgan fingerprint density at radius 3 is 2.77 bits per heavy atom. The molecule has 11 heteroatoms. The van der Waals surface area contributed by atoms with Crippen LogP contribution in [0, 0.1) is 11.6 Å². The first-order valence-electron chi connectivity index (χ1n) is 11.0. The first-order chi connectivity index (χ1) is 16.9. The number of carbonyl (C=O) groups excluding carboxylic acids is 1. The molecule has 5 rings (SSSR count). The van der Waals surface area contributed by atoms with Crippen molar-refractivity contribution < 1.29 is 18.3 Å². The number of alkyl halides is 1. The predicted molar refractivity (Wildman–Crippen MR) is 127 cm³/mol. The highest BCUT2D eigenvalue weighted by Crippen LogP contribution is 2.36. The largest absolute Gasteiger partial charge is 0.457 e. The summed E-state index contributed by atoms with van der Waals surface area (Å²) < 4.78 is 36.0. The number of hydrogen-bond donors (Lipinski definition) is 1. The SMILES string of the molecule is Nc1ncnc2c1c(-c1ccc(Oc3cccc(F)c3)cc1F)nn2C1CCCN(C(=O)CCl)C1. The van der Waals surface area contributed by atoms with Gasteiger partial charge in [0.25, 0.3) is 0 Å². The van der Waals surface area contributed by atoms with E-state index < -0.39 is 11.6 Å². The maximum Gasteiger partial charge on any atom is 0.237 e. The van der Waals surface area contributed by atoms with Gasteiger partial charge in [0.15, 0.2) is 5.65 Å². The second-order valence-electron chi connectivity index (χ2n) is 8.22. The van der Waals surface area contributed by atoms with Crippen LogP contribution in [-0.2, 0) is 4.79 Å². The van der Waals surface area contributed by atoms with E-state index in [-0.39, 0.29) is 46.4 Å². The van der Waals surface area contributed by atoms with E-state index in [1.54, 1.807) is 21.7 Å². The fourth-order valence-electron chi connectivity index (χ4n) is 4.32. The molecule has 2 N–H and O–H groups in total. The van der Waals surface area contributed by atoms with Gasteiger partial charge in [-0.2, -0.15) is 5.10 Å². The molecule has 1 atom stereocenters. The van der Waals surface area contributed by atoms with Gasteiger partial charge in [0, 0.05) is 30.8 Å². The van der Waals surface area contributed by atoms with Gasteiger partial charge >= 0.3 is 0 Å². The van der Waals surface area contributed by atoms with E-state index in [2.05, 4.69) is 15.1 Å². The number of nitrogen functional groups attached to an aromatic ring is 1. The van der Waals surface area contributed by atoms with Crippen molar-refractivity contribution in [2.24, 2.45) is 0 Å². The van der Waals surface area contributed by atoms with Crippen LogP contribution in [0.1, 0.15) is 18.9 Å². The van der Waals surface area contributed by atoms with E-state index in [9.17, 15) is 9.18 Å². The number of piperidine rings is 1. The molecular weight excluding hydrogens is 478 g/mol. The summed E-state index contributed by atoms with van der Waals surface area (Å²) >= 11 is 5.75. The van der Waals surface area contributed by atoms with Gasteiger partial charge < -0.3 is 15.4 Å². The van der Waals surface area contributed by atoms with Crippen molar-refractivity contribution in [3.63, 3.8) is 0 Å². The fraction of sp³-hybridized carbons (Fsp3) is 0.250. The first-order valence-corrected chi connectivity index (χ1v) is 11.5. The number of carbonyl (C=O) groups is 1. The Kier molecular flexibility index (Phi) is 6.21. The van der Waals surface area contributed by atoms with E-state index in [0.717, 1.165) is 12.8 Å². The van der Waals surface area contributed by atoms with Crippen LogP contribution in [0.25, 0.3) is 22.3 Å². The van der Waals surface area contributed by atoms with Crippen LogP contribution >= 0.6 is 11.6 Å². The average Bonchev–Trinajstić information content (AvgIpc) is 3.24. The fourth-order valence-corrected chi connectivity index (χ4v) is 4.49. The van der Waals surface area contributed by atoms with Crippen LogP contribution in [0.4, 0.5) is 14.6 Å². The highest BCUT2D eigenvalue weighted by atomic mass is 35.5. The molecular formula is C24H21ClF2N6O2. The van der Waals surface area contributed by atoms with Gasteiger partial charge in [0.1, 0.15) is 46.9 Å². The number of amides is 1. The number of rotatable bonds is 5. The summed E-state index contributed by atoms with van der Waals surface area (Å²) in [4.78, 5) is 22.3. The van der Waals surface area contributed by atoms with Gasteiger partial charge in [-0.3, -0.25) is 4.79 Å². The maximum absolute atomic E-state index is 15.3. The Morgan fingerprint density at radius 1 is 1.17 bits per heavy atom. The minimum Gasteiger partial charge on any atom is -0.457 e. The Hall–Kier alpha value is -3.79. The third kappa shape index (κ3) is 4.49. The van der Waals surface area contributed by atoms with Crippen LogP contribution in [0.2, 0.25) is 0 Å². The van der Waals surface area contributed by atoms with Crippen LogP contribution in [0.15, 0.2) is 48.8 Å². The normalized spacial score (nSPS) is 16.0. The van der Waals surface area contributed by atoms with Crippen molar-refractivity contribution in [3.8, 4) is 22.8 Å².